The van der Waals surface area contributed by atoms with Crippen LogP contribution in [0.2, 0.25) is 0 Å². The minimum atomic E-state index is -3.31. The Morgan fingerprint density at radius 3 is 1.94 bits per heavy atom. The lowest BCUT2D eigenvalue weighted by molar-refractivity contribution is 0.0428. The van der Waals surface area contributed by atoms with Gasteiger partial charge in [-0.2, -0.15) is 8.42 Å². The fourth-order valence-corrected chi connectivity index (χ4v) is 1.36. The summed E-state index contributed by atoms with van der Waals surface area (Å²) in [5.41, 5.74) is 0. The molecule has 0 aromatic carbocycles. The van der Waals surface area contributed by atoms with Crippen LogP contribution in [0.25, 0.3) is 0 Å². The van der Waals surface area contributed by atoms with E-state index in [-0.39, 0.29) is 6.61 Å². The Labute approximate surface area is 98.2 Å². The second-order valence-electron chi connectivity index (χ2n) is 3.46. The van der Waals surface area contributed by atoms with Gasteiger partial charge >= 0.3 is 0 Å². The molecule has 0 aliphatic heterocycles. The van der Waals surface area contributed by atoms with Gasteiger partial charge in [-0.25, -0.2) is 0 Å². The summed E-state index contributed by atoms with van der Waals surface area (Å²) in [5, 5.41) is 0. The molecule has 0 bridgehead atoms. The van der Waals surface area contributed by atoms with Gasteiger partial charge in [-0.05, 0) is 12.8 Å². The average molecular weight is 254 g/mol. The summed E-state index contributed by atoms with van der Waals surface area (Å²) in [6, 6.07) is 0. The van der Waals surface area contributed by atoms with Crippen molar-refractivity contribution in [3.05, 3.63) is 0 Å². The second-order valence-corrected chi connectivity index (χ2v) is 5.10. The van der Waals surface area contributed by atoms with E-state index in [1.165, 1.54) is 0 Å². The Bertz CT molecular complexity index is 238. The van der Waals surface area contributed by atoms with Crippen molar-refractivity contribution in [1.29, 1.82) is 0 Å². The summed E-state index contributed by atoms with van der Waals surface area (Å²) >= 11 is 0. The highest BCUT2D eigenvalue weighted by Crippen LogP contribution is 1.91. The minimum Gasteiger partial charge on any atom is -0.379 e. The van der Waals surface area contributed by atoms with Gasteiger partial charge < -0.3 is 9.47 Å². The van der Waals surface area contributed by atoms with E-state index in [1.54, 1.807) is 0 Å². The first kappa shape index (κ1) is 15.8. The van der Waals surface area contributed by atoms with Crippen LogP contribution in [-0.4, -0.2) is 47.7 Å². The lowest BCUT2D eigenvalue weighted by Gasteiger charge is -2.05. The molecule has 16 heavy (non-hydrogen) atoms. The second kappa shape index (κ2) is 10.0. The molecule has 5 nitrogen and oxygen atoms in total. The highest BCUT2D eigenvalue weighted by molar-refractivity contribution is 7.85. The largest absolute Gasteiger partial charge is 0.379 e. The molecule has 0 atom stereocenters. The molecule has 0 rings (SSSR count). The van der Waals surface area contributed by atoms with Gasteiger partial charge in [-0.3, -0.25) is 4.18 Å². The predicted molar refractivity (Wildman–Crippen MR) is 62.0 cm³/mol. The van der Waals surface area contributed by atoms with Gasteiger partial charge in [-0.15, -0.1) is 0 Å². The van der Waals surface area contributed by atoms with Gasteiger partial charge in [-0.1, -0.05) is 13.3 Å². The van der Waals surface area contributed by atoms with E-state index in [0.717, 1.165) is 25.7 Å². The number of hydrogen-bond donors (Lipinski definition) is 0. The predicted octanol–water partition coefficient (Wildman–Crippen LogP) is 1.19. The van der Waals surface area contributed by atoms with Crippen molar-refractivity contribution in [1.82, 2.24) is 0 Å². The van der Waals surface area contributed by atoms with Crippen LogP contribution >= 0.6 is 0 Å². The average Bonchev–Trinajstić information content (AvgIpc) is 2.19. The maximum absolute atomic E-state index is 10.6. The molecule has 0 saturated heterocycles. The maximum Gasteiger partial charge on any atom is 0.264 e. The van der Waals surface area contributed by atoms with Crippen LogP contribution in [0.3, 0.4) is 0 Å². The minimum absolute atomic E-state index is 0.176. The van der Waals surface area contributed by atoms with Crippen LogP contribution < -0.4 is 0 Å². The van der Waals surface area contributed by atoms with Gasteiger partial charge in [0.25, 0.3) is 10.1 Å². The molecule has 0 N–H and O–H groups in total. The Morgan fingerprint density at radius 2 is 1.44 bits per heavy atom. The molecule has 6 heteroatoms. The molecule has 0 fully saturated rings. The lowest BCUT2D eigenvalue weighted by atomic mass is 10.4. The van der Waals surface area contributed by atoms with Crippen LogP contribution in [0.5, 0.6) is 0 Å². The van der Waals surface area contributed by atoms with E-state index in [4.69, 9.17) is 9.47 Å². The highest BCUT2D eigenvalue weighted by atomic mass is 32.2. The van der Waals surface area contributed by atoms with Crippen LogP contribution in [0.1, 0.15) is 26.2 Å². The summed E-state index contributed by atoms with van der Waals surface area (Å²) in [5.74, 6) is 0. The molecule has 0 aliphatic rings. The zero-order valence-electron chi connectivity index (χ0n) is 10.1. The van der Waals surface area contributed by atoms with Crippen molar-refractivity contribution in [3.8, 4) is 0 Å². The number of ether oxygens (including phenoxy) is 2. The third kappa shape index (κ3) is 13.8. The Balaban J connectivity index is 3.05. The van der Waals surface area contributed by atoms with Gasteiger partial charge in [0.05, 0.1) is 26.1 Å². The van der Waals surface area contributed by atoms with E-state index in [1.807, 2.05) is 0 Å². The summed E-state index contributed by atoms with van der Waals surface area (Å²) < 4.78 is 36.2. The molecule has 0 amide bonds. The quantitative estimate of drug-likeness (QED) is 0.409. The Hall–Kier alpha value is -0.170. The highest BCUT2D eigenvalue weighted by Gasteiger charge is 2.00. The first-order valence-electron chi connectivity index (χ1n) is 5.56. The molecule has 0 aliphatic carbocycles. The van der Waals surface area contributed by atoms with Crippen molar-refractivity contribution in [2.45, 2.75) is 26.2 Å². The molecule has 0 heterocycles. The molecule has 0 aromatic rings. The maximum atomic E-state index is 10.6. The van der Waals surface area contributed by atoms with Crippen LogP contribution in [0.15, 0.2) is 0 Å². The lowest BCUT2D eigenvalue weighted by Crippen LogP contribution is -2.09. The number of hydrogen-bond acceptors (Lipinski definition) is 5. The standard InChI is InChI=1S/C10H22O5S/c1-3-4-6-13-9-10-14-7-5-8-15-16(2,11)12/h3-10H2,1-2H3. The normalized spacial score (nSPS) is 11.9. The molecule has 98 valence electrons. The van der Waals surface area contributed by atoms with E-state index in [9.17, 15) is 8.42 Å². The smallest absolute Gasteiger partial charge is 0.264 e. The first-order valence-corrected chi connectivity index (χ1v) is 7.38. The summed E-state index contributed by atoms with van der Waals surface area (Å²) in [6.07, 6.45) is 3.81. The van der Waals surface area contributed by atoms with Gasteiger partial charge in [0, 0.05) is 13.2 Å². The van der Waals surface area contributed by atoms with Crippen LogP contribution in [-0.2, 0) is 23.8 Å². The van der Waals surface area contributed by atoms with Crippen LogP contribution in [0, 0.1) is 0 Å². The molecule has 0 unspecified atom stereocenters. The molecular formula is C10H22O5S. The number of rotatable bonds is 11. The number of unbranched alkanes of at least 4 members (excludes halogenated alkanes) is 1. The first-order chi connectivity index (χ1) is 7.56. The zero-order valence-corrected chi connectivity index (χ0v) is 10.9. The van der Waals surface area contributed by atoms with Gasteiger partial charge in [0.1, 0.15) is 0 Å². The van der Waals surface area contributed by atoms with Crippen molar-refractivity contribution in [3.63, 3.8) is 0 Å². The summed E-state index contributed by atoms with van der Waals surface area (Å²) in [4.78, 5) is 0. The molecular weight excluding hydrogens is 232 g/mol. The van der Waals surface area contributed by atoms with Gasteiger partial charge in [0.2, 0.25) is 0 Å². The zero-order chi connectivity index (χ0) is 12.3. The fraction of sp³-hybridized carbons (Fsp3) is 1.00. The third-order valence-electron chi connectivity index (χ3n) is 1.74. The van der Waals surface area contributed by atoms with Crippen molar-refractivity contribution in [2.24, 2.45) is 0 Å². The van der Waals surface area contributed by atoms with E-state index in [2.05, 4.69) is 11.1 Å². The van der Waals surface area contributed by atoms with E-state index < -0.39 is 10.1 Å². The van der Waals surface area contributed by atoms with E-state index in [0.29, 0.717) is 26.2 Å². The van der Waals surface area contributed by atoms with E-state index >= 15 is 0 Å². The van der Waals surface area contributed by atoms with Crippen LogP contribution in [0.4, 0.5) is 0 Å². The van der Waals surface area contributed by atoms with Crippen molar-refractivity contribution >= 4 is 10.1 Å². The van der Waals surface area contributed by atoms with Crippen molar-refractivity contribution in [2.75, 3.05) is 39.3 Å². The topological polar surface area (TPSA) is 61.8 Å². The molecule has 0 saturated carbocycles. The van der Waals surface area contributed by atoms with Crippen molar-refractivity contribution < 1.29 is 22.1 Å². The third-order valence-corrected chi connectivity index (χ3v) is 2.34. The molecule has 0 radical (unpaired) electrons. The van der Waals surface area contributed by atoms with Gasteiger partial charge in [0.15, 0.2) is 0 Å². The fourth-order valence-electron chi connectivity index (χ4n) is 0.940. The Morgan fingerprint density at radius 1 is 0.875 bits per heavy atom. The Kier molecular flexibility index (Phi) is 9.91. The summed E-state index contributed by atoms with van der Waals surface area (Å²) in [6.45, 7) is 4.69. The molecule has 0 spiro atoms. The monoisotopic (exact) mass is 254 g/mol. The summed E-state index contributed by atoms with van der Waals surface area (Å²) in [7, 11) is -3.31. The SMILES string of the molecule is CCCCOCCOCCCOS(C)(=O)=O. The molecule has 0 aromatic heterocycles.